The van der Waals surface area contributed by atoms with Crippen LogP contribution in [0.5, 0.6) is 0 Å². The third-order valence-electron chi connectivity index (χ3n) is 4.15. The van der Waals surface area contributed by atoms with Crippen molar-refractivity contribution in [1.82, 2.24) is 5.32 Å². The molecule has 0 radical (unpaired) electrons. The number of nitrogens with one attached hydrogen (secondary N) is 1. The maximum Gasteiger partial charge on any atom is 0.0294 e. The minimum Gasteiger partial charge on any atom is -0.307 e. The summed E-state index contributed by atoms with van der Waals surface area (Å²) in [5.41, 5.74) is 1.86. The maximum absolute atomic E-state index is 3.81. The Balaban J connectivity index is 2.02. The molecule has 1 aliphatic carbocycles. The number of halogens is 1. The summed E-state index contributed by atoms with van der Waals surface area (Å²) < 4.78 is 1.16. The van der Waals surface area contributed by atoms with Gasteiger partial charge in [0.2, 0.25) is 0 Å². The Kier molecular flexibility index (Phi) is 4.18. The van der Waals surface area contributed by atoms with E-state index < -0.39 is 0 Å². The van der Waals surface area contributed by atoms with Gasteiger partial charge in [0.25, 0.3) is 0 Å². The van der Waals surface area contributed by atoms with E-state index in [0.717, 1.165) is 10.4 Å². The Morgan fingerprint density at radius 2 is 2.06 bits per heavy atom. The Labute approximate surface area is 119 Å². The molecule has 18 heavy (non-hydrogen) atoms. The van der Waals surface area contributed by atoms with E-state index in [4.69, 9.17) is 0 Å². The smallest absolute Gasteiger partial charge is 0.0294 e. The summed E-state index contributed by atoms with van der Waals surface area (Å²) in [5, 5.41) is 3.81. The molecule has 0 aromatic heterocycles. The van der Waals surface area contributed by atoms with Gasteiger partial charge in [-0.05, 0) is 48.8 Å². The third-order valence-corrected chi connectivity index (χ3v) is 4.64. The standard InChI is InChI=1S/C16H24BrN/c1-11-9-16(3,4)10-15(11)18-12(2)13-6-5-7-14(17)8-13/h5-8,11-12,15,18H,9-10H2,1-4H3. The van der Waals surface area contributed by atoms with Gasteiger partial charge in [-0.3, -0.25) is 0 Å². The van der Waals surface area contributed by atoms with Crippen LogP contribution in [0.25, 0.3) is 0 Å². The number of rotatable bonds is 3. The molecule has 0 amide bonds. The van der Waals surface area contributed by atoms with Gasteiger partial charge in [0.15, 0.2) is 0 Å². The number of benzene rings is 1. The van der Waals surface area contributed by atoms with Gasteiger partial charge in [-0.1, -0.05) is 48.8 Å². The van der Waals surface area contributed by atoms with E-state index in [1.165, 1.54) is 18.4 Å². The van der Waals surface area contributed by atoms with Crippen molar-refractivity contribution in [2.24, 2.45) is 11.3 Å². The highest BCUT2D eigenvalue weighted by Gasteiger charge is 2.36. The summed E-state index contributed by atoms with van der Waals surface area (Å²) in [6, 6.07) is 9.67. The molecule has 1 fully saturated rings. The maximum atomic E-state index is 3.81. The van der Waals surface area contributed by atoms with Gasteiger partial charge in [-0.2, -0.15) is 0 Å². The first-order chi connectivity index (χ1) is 8.37. The second-order valence-electron chi connectivity index (χ2n) is 6.60. The average Bonchev–Trinajstić information content (AvgIpc) is 2.51. The van der Waals surface area contributed by atoms with Crippen molar-refractivity contribution < 1.29 is 0 Å². The van der Waals surface area contributed by atoms with Crippen LogP contribution >= 0.6 is 15.9 Å². The van der Waals surface area contributed by atoms with Crippen LogP contribution in [0.2, 0.25) is 0 Å². The van der Waals surface area contributed by atoms with Crippen LogP contribution < -0.4 is 5.32 Å². The molecule has 1 N–H and O–H groups in total. The fourth-order valence-corrected chi connectivity index (χ4v) is 3.73. The Bertz CT molecular complexity index is 413. The molecule has 0 aliphatic heterocycles. The highest BCUT2D eigenvalue weighted by atomic mass is 79.9. The third kappa shape index (κ3) is 3.36. The first-order valence-electron chi connectivity index (χ1n) is 6.89. The second-order valence-corrected chi connectivity index (χ2v) is 7.52. The van der Waals surface area contributed by atoms with E-state index >= 15 is 0 Å². The molecular weight excluding hydrogens is 286 g/mol. The summed E-state index contributed by atoms with van der Waals surface area (Å²) in [6.45, 7) is 9.41. The molecule has 1 aromatic rings. The monoisotopic (exact) mass is 309 g/mol. The molecule has 2 rings (SSSR count). The molecule has 100 valence electrons. The van der Waals surface area contributed by atoms with Crippen molar-refractivity contribution in [3.63, 3.8) is 0 Å². The van der Waals surface area contributed by atoms with E-state index in [9.17, 15) is 0 Å². The minimum atomic E-state index is 0.420. The van der Waals surface area contributed by atoms with Crippen LogP contribution in [0.15, 0.2) is 28.7 Å². The van der Waals surface area contributed by atoms with Gasteiger partial charge in [-0.15, -0.1) is 0 Å². The number of hydrogen-bond acceptors (Lipinski definition) is 1. The highest BCUT2D eigenvalue weighted by Crippen LogP contribution is 2.41. The largest absolute Gasteiger partial charge is 0.307 e. The second kappa shape index (κ2) is 5.34. The molecule has 0 saturated heterocycles. The molecule has 1 aliphatic rings. The predicted molar refractivity (Wildman–Crippen MR) is 81.7 cm³/mol. The van der Waals surface area contributed by atoms with Crippen molar-refractivity contribution in [3.05, 3.63) is 34.3 Å². The average molecular weight is 310 g/mol. The molecule has 1 nitrogen and oxygen atoms in total. The summed E-state index contributed by atoms with van der Waals surface area (Å²) in [6.07, 6.45) is 2.61. The van der Waals surface area contributed by atoms with Crippen LogP contribution in [0.1, 0.15) is 52.1 Å². The van der Waals surface area contributed by atoms with Gasteiger partial charge in [-0.25, -0.2) is 0 Å². The van der Waals surface area contributed by atoms with Crippen LogP contribution in [0.4, 0.5) is 0 Å². The first-order valence-corrected chi connectivity index (χ1v) is 7.68. The molecule has 1 aromatic carbocycles. The van der Waals surface area contributed by atoms with Gasteiger partial charge < -0.3 is 5.32 Å². The highest BCUT2D eigenvalue weighted by molar-refractivity contribution is 9.10. The summed E-state index contributed by atoms with van der Waals surface area (Å²) in [4.78, 5) is 0. The Morgan fingerprint density at radius 1 is 1.33 bits per heavy atom. The van der Waals surface area contributed by atoms with Gasteiger partial charge in [0.05, 0.1) is 0 Å². The minimum absolute atomic E-state index is 0.420. The predicted octanol–water partition coefficient (Wildman–Crippen LogP) is 4.92. The van der Waals surface area contributed by atoms with Crippen molar-refractivity contribution in [2.45, 2.75) is 52.6 Å². The van der Waals surface area contributed by atoms with Crippen LogP contribution in [0, 0.1) is 11.3 Å². The lowest BCUT2D eigenvalue weighted by atomic mass is 9.91. The molecule has 1 saturated carbocycles. The lowest BCUT2D eigenvalue weighted by molar-refractivity contribution is 0.356. The molecule has 2 heteroatoms. The number of hydrogen-bond donors (Lipinski definition) is 1. The van der Waals surface area contributed by atoms with Crippen molar-refractivity contribution in [2.75, 3.05) is 0 Å². The van der Waals surface area contributed by atoms with Gasteiger partial charge in [0.1, 0.15) is 0 Å². The van der Waals surface area contributed by atoms with Gasteiger partial charge >= 0.3 is 0 Å². The molecule has 0 spiro atoms. The summed E-state index contributed by atoms with van der Waals surface area (Å²) >= 11 is 3.55. The van der Waals surface area contributed by atoms with Crippen LogP contribution in [-0.2, 0) is 0 Å². The fourth-order valence-electron chi connectivity index (χ4n) is 3.31. The normalized spacial score (nSPS) is 28.3. The van der Waals surface area contributed by atoms with Crippen LogP contribution in [0.3, 0.4) is 0 Å². The van der Waals surface area contributed by atoms with Crippen molar-refractivity contribution in [1.29, 1.82) is 0 Å². The zero-order chi connectivity index (χ0) is 13.3. The molecule has 3 unspecified atom stereocenters. The zero-order valence-electron chi connectivity index (χ0n) is 11.8. The molecule has 0 heterocycles. The van der Waals surface area contributed by atoms with E-state index in [-0.39, 0.29) is 0 Å². The SMILES string of the molecule is CC(NC1CC(C)(C)CC1C)c1cccc(Br)c1. The van der Waals surface area contributed by atoms with Gasteiger partial charge in [0, 0.05) is 16.6 Å². The zero-order valence-corrected chi connectivity index (χ0v) is 13.4. The summed E-state index contributed by atoms with van der Waals surface area (Å²) in [5.74, 6) is 0.773. The summed E-state index contributed by atoms with van der Waals surface area (Å²) in [7, 11) is 0. The quantitative estimate of drug-likeness (QED) is 0.835. The Hall–Kier alpha value is -0.340. The first kappa shape index (κ1) is 14.1. The Morgan fingerprint density at radius 3 is 2.61 bits per heavy atom. The molecule has 3 atom stereocenters. The van der Waals surface area contributed by atoms with E-state index in [2.05, 4.69) is 73.2 Å². The van der Waals surface area contributed by atoms with E-state index in [1.54, 1.807) is 0 Å². The van der Waals surface area contributed by atoms with E-state index in [1.807, 2.05) is 0 Å². The molecular formula is C16H24BrN. The topological polar surface area (TPSA) is 12.0 Å². The lowest BCUT2D eigenvalue weighted by Gasteiger charge is -2.24. The fraction of sp³-hybridized carbons (Fsp3) is 0.625. The molecule has 0 bridgehead atoms. The van der Waals surface area contributed by atoms with Crippen LogP contribution in [-0.4, -0.2) is 6.04 Å². The van der Waals surface area contributed by atoms with Crippen molar-refractivity contribution in [3.8, 4) is 0 Å². The van der Waals surface area contributed by atoms with E-state index in [0.29, 0.717) is 17.5 Å². The van der Waals surface area contributed by atoms with Crippen molar-refractivity contribution >= 4 is 15.9 Å². The lowest BCUT2D eigenvalue weighted by Crippen LogP contribution is -2.33.